The second kappa shape index (κ2) is 8.80. The summed E-state index contributed by atoms with van der Waals surface area (Å²) in [5.41, 5.74) is -3.78. The number of aliphatic hydroxyl groups is 1. The Morgan fingerprint density at radius 3 is 1.90 bits per heavy atom. The molecule has 0 bridgehead atoms. The summed E-state index contributed by atoms with van der Waals surface area (Å²) in [6, 6.07) is 24.6. The number of ketones is 2. The average Bonchev–Trinajstić information content (AvgIpc) is 3.40. The minimum absolute atomic E-state index is 0.0413. The zero-order valence-corrected chi connectivity index (χ0v) is 24.3. The van der Waals surface area contributed by atoms with Crippen molar-refractivity contribution in [2.45, 2.75) is 42.0 Å². The Kier molecular flexibility index (Phi) is 5.62. The SMILES string of the molecule is C[C@@]1(O)C[C@@H](c2cccc(Br)n2)[C@@]2(Oc3ccccc3C2=O)[C@@H](c2cccc(Br)n2)[C@@]12Oc1ccccc1C2=O. The maximum atomic E-state index is 14.8. The van der Waals surface area contributed by atoms with Crippen LogP contribution in [0.3, 0.4) is 0 Å². The Hall–Kier alpha value is -3.40. The lowest BCUT2D eigenvalue weighted by Gasteiger charge is -2.57. The molecule has 0 saturated heterocycles. The Bertz CT molecular complexity index is 1730. The fraction of sp³-hybridized carbons (Fsp3) is 0.226. The van der Waals surface area contributed by atoms with Gasteiger partial charge in [-0.2, -0.15) is 0 Å². The highest BCUT2D eigenvalue weighted by Gasteiger charge is 2.79. The third kappa shape index (κ3) is 3.31. The van der Waals surface area contributed by atoms with E-state index in [0.29, 0.717) is 43.2 Å². The summed E-state index contributed by atoms with van der Waals surface area (Å²) in [5, 5.41) is 12.4. The summed E-state index contributed by atoms with van der Waals surface area (Å²) < 4.78 is 14.5. The standard InChI is InChI=1S/C31H22Br2N2O5/c1-29(38)16-19(20-10-6-14-24(32)34-20)30(27(36)17-8-2-4-12-22(17)39-30)26(21-11-7-15-25(33)35-21)31(29)28(37)18-9-3-5-13-23(18)40-31/h2-15,19,26,38H,16H2,1H3/t19-,26+,29+,30+,31-/m0/s1. The first kappa shape index (κ1) is 25.6. The first-order valence-corrected chi connectivity index (χ1v) is 14.4. The normalized spacial score (nSPS) is 30.2. The van der Waals surface area contributed by atoms with Gasteiger partial charge in [0.2, 0.25) is 17.2 Å². The van der Waals surface area contributed by atoms with Gasteiger partial charge in [-0.3, -0.25) is 9.59 Å². The molecule has 7 rings (SSSR count). The maximum Gasteiger partial charge on any atom is 0.214 e. The predicted molar refractivity (Wildman–Crippen MR) is 153 cm³/mol. The summed E-state index contributed by atoms with van der Waals surface area (Å²) >= 11 is 6.92. The Morgan fingerprint density at radius 2 is 1.30 bits per heavy atom. The fourth-order valence-corrected chi connectivity index (χ4v) is 7.49. The molecule has 200 valence electrons. The number of fused-ring (bicyclic) bond motifs is 2. The van der Waals surface area contributed by atoms with Gasteiger partial charge in [-0.15, -0.1) is 0 Å². The number of Topliss-reactive ketones (excluding diaryl/α,β-unsaturated/α-hetero) is 2. The molecular formula is C31H22Br2N2O5. The number of hydrogen-bond acceptors (Lipinski definition) is 7. The van der Waals surface area contributed by atoms with Crippen LogP contribution >= 0.6 is 31.9 Å². The monoisotopic (exact) mass is 660 g/mol. The Balaban J connectivity index is 1.58. The number of ether oxygens (including phenoxy) is 2. The molecule has 1 aliphatic carbocycles. The molecule has 1 fully saturated rings. The molecule has 0 radical (unpaired) electrons. The molecule has 40 heavy (non-hydrogen) atoms. The number of carbonyl (C=O) groups excluding carboxylic acids is 2. The third-order valence-electron chi connectivity index (χ3n) is 8.39. The molecule has 9 heteroatoms. The van der Waals surface area contributed by atoms with E-state index in [4.69, 9.17) is 19.4 Å². The lowest BCUT2D eigenvalue weighted by atomic mass is 9.51. The zero-order valence-electron chi connectivity index (χ0n) is 21.2. The van der Waals surface area contributed by atoms with Gasteiger partial charge in [0.05, 0.1) is 28.7 Å². The molecule has 2 aromatic heterocycles. The Morgan fingerprint density at radius 1 is 0.750 bits per heavy atom. The van der Waals surface area contributed by atoms with E-state index < -0.39 is 34.4 Å². The average molecular weight is 662 g/mol. The van der Waals surface area contributed by atoms with Crippen LogP contribution in [0.4, 0.5) is 0 Å². The number of aromatic nitrogens is 2. The van der Waals surface area contributed by atoms with Crippen LogP contribution in [0.5, 0.6) is 11.5 Å². The summed E-state index contributed by atoms with van der Waals surface area (Å²) in [6.45, 7) is 1.59. The van der Waals surface area contributed by atoms with E-state index in [2.05, 4.69) is 31.9 Å². The highest BCUT2D eigenvalue weighted by molar-refractivity contribution is 9.10. The highest BCUT2D eigenvalue weighted by atomic mass is 79.9. The second-order valence-electron chi connectivity index (χ2n) is 10.6. The van der Waals surface area contributed by atoms with Crippen molar-refractivity contribution in [3.63, 3.8) is 0 Å². The highest BCUT2D eigenvalue weighted by Crippen LogP contribution is 2.65. The summed E-state index contributed by atoms with van der Waals surface area (Å²) in [5.74, 6) is -1.93. The van der Waals surface area contributed by atoms with Crippen molar-refractivity contribution in [2.24, 2.45) is 0 Å². The number of nitrogens with zero attached hydrogens (tertiary/aromatic N) is 2. The van der Waals surface area contributed by atoms with E-state index in [1.165, 1.54) is 0 Å². The molecule has 4 heterocycles. The van der Waals surface area contributed by atoms with E-state index in [1.807, 2.05) is 12.1 Å². The number of rotatable bonds is 2. The van der Waals surface area contributed by atoms with Crippen LogP contribution in [-0.2, 0) is 0 Å². The number of halogens is 2. The van der Waals surface area contributed by atoms with Crippen molar-refractivity contribution >= 4 is 43.4 Å². The quantitative estimate of drug-likeness (QED) is 0.261. The lowest BCUT2D eigenvalue weighted by molar-refractivity contribution is -0.173. The smallest absolute Gasteiger partial charge is 0.214 e. The van der Waals surface area contributed by atoms with E-state index in [9.17, 15) is 14.7 Å². The largest absolute Gasteiger partial charge is 0.477 e. The first-order chi connectivity index (χ1) is 19.2. The van der Waals surface area contributed by atoms with Crippen LogP contribution in [0.15, 0.2) is 94.1 Å². The van der Waals surface area contributed by atoms with Crippen molar-refractivity contribution in [2.75, 3.05) is 0 Å². The van der Waals surface area contributed by atoms with Gasteiger partial charge in [-0.25, -0.2) is 9.97 Å². The summed E-state index contributed by atoms with van der Waals surface area (Å²) in [7, 11) is 0. The van der Waals surface area contributed by atoms with Crippen LogP contribution in [-0.4, -0.2) is 43.4 Å². The number of benzene rings is 2. The van der Waals surface area contributed by atoms with E-state index in [-0.39, 0.29) is 12.2 Å². The summed E-state index contributed by atoms with van der Waals surface area (Å²) in [4.78, 5) is 38.8. The van der Waals surface area contributed by atoms with Gasteiger partial charge in [0.15, 0.2) is 5.60 Å². The van der Waals surface area contributed by atoms with Gasteiger partial charge < -0.3 is 14.6 Å². The van der Waals surface area contributed by atoms with Gasteiger partial charge >= 0.3 is 0 Å². The van der Waals surface area contributed by atoms with E-state index in [1.54, 1.807) is 79.7 Å². The van der Waals surface area contributed by atoms with Gasteiger partial charge in [-0.05, 0) is 93.7 Å². The maximum absolute atomic E-state index is 14.8. The molecule has 2 aromatic carbocycles. The third-order valence-corrected chi connectivity index (χ3v) is 9.27. The van der Waals surface area contributed by atoms with E-state index >= 15 is 0 Å². The van der Waals surface area contributed by atoms with Gasteiger partial charge in [0, 0.05) is 5.69 Å². The lowest BCUT2D eigenvalue weighted by Crippen LogP contribution is -2.75. The van der Waals surface area contributed by atoms with Gasteiger partial charge in [0.25, 0.3) is 0 Å². The summed E-state index contributed by atoms with van der Waals surface area (Å²) in [6.07, 6.45) is -0.0413. The number of hydrogen-bond donors (Lipinski definition) is 1. The molecule has 2 spiro atoms. The number of pyridine rings is 2. The van der Waals surface area contributed by atoms with Crippen molar-refractivity contribution in [3.05, 3.63) is 117 Å². The molecule has 5 atom stereocenters. The van der Waals surface area contributed by atoms with Crippen LogP contribution in [0.2, 0.25) is 0 Å². The number of carbonyl (C=O) groups is 2. The molecule has 4 aromatic rings. The van der Waals surface area contributed by atoms with Crippen LogP contribution in [0, 0.1) is 0 Å². The molecule has 7 nitrogen and oxygen atoms in total. The van der Waals surface area contributed by atoms with Crippen LogP contribution < -0.4 is 9.47 Å². The number of para-hydroxylation sites is 2. The molecule has 0 unspecified atom stereocenters. The Labute approximate surface area is 246 Å². The topological polar surface area (TPSA) is 98.6 Å². The minimum atomic E-state index is -1.93. The van der Waals surface area contributed by atoms with Crippen LogP contribution in [0.25, 0.3) is 0 Å². The first-order valence-electron chi connectivity index (χ1n) is 12.8. The molecule has 1 N–H and O–H groups in total. The fourth-order valence-electron chi connectivity index (χ4n) is 6.78. The van der Waals surface area contributed by atoms with E-state index in [0.717, 1.165) is 0 Å². The molecular weight excluding hydrogens is 640 g/mol. The van der Waals surface area contributed by atoms with Crippen molar-refractivity contribution < 1.29 is 24.2 Å². The zero-order chi connectivity index (χ0) is 27.9. The predicted octanol–water partition coefficient (Wildman–Crippen LogP) is 6.05. The molecule has 0 amide bonds. The molecule has 3 aliphatic rings. The van der Waals surface area contributed by atoms with Crippen molar-refractivity contribution in [3.8, 4) is 11.5 Å². The second-order valence-corrected chi connectivity index (χ2v) is 12.2. The minimum Gasteiger partial charge on any atom is -0.477 e. The van der Waals surface area contributed by atoms with Gasteiger partial charge in [0.1, 0.15) is 26.3 Å². The van der Waals surface area contributed by atoms with Crippen LogP contribution in [0.1, 0.15) is 57.3 Å². The molecule has 1 saturated carbocycles. The van der Waals surface area contributed by atoms with Crippen molar-refractivity contribution in [1.82, 2.24) is 9.97 Å². The van der Waals surface area contributed by atoms with Gasteiger partial charge in [-0.1, -0.05) is 36.4 Å². The van der Waals surface area contributed by atoms with Crippen molar-refractivity contribution in [1.29, 1.82) is 0 Å². The molecule has 2 aliphatic heterocycles.